The van der Waals surface area contributed by atoms with E-state index in [9.17, 15) is 4.79 Å². The van der Waals surface area contributed by atoms with Crippen LogP contribution in [0.2, 0.25) is 0 Å². The molecule has 0 aliphatic heterocycles. The number of unbranched alkanes of at least 4 members (excludes halogenated alkanes) is 1. The largest absolute Gasteiger partial charge is 0.494 e. The van der Waals surface area contributed by atoms with Crippen molar-refractivity contribution >= 4 is 11.7 Å². The van der Waals surface area contributed by atoms with Gasteiger partial charge in [0.1, 0.15) is 5.75 Å². The summed E-state index contributed by atoms with van der Waals surface area (Å²) in [6.45, 7) is 0.560. The molecule has 0 saturated heterocycles. The van der Waals surface area contributed by atoms with Gasteiger partial charge in [-0.05, 0) is 25.0 Å². The molecule has 0 saturated carbocycles. The number of carbonyl (C=O) groups is 1. The lowest BCUT2D eigenvalue weighted by atomic mass is 10.2. The Bertz CT molecular complexity index is 363. The Morgan fingerprint density at radius 2 is 2.12 bits per heavy atom. The average molecular weight is 237 g/mol. The van der Waals surface area contributed by atoms with Gasteiger partial charge >= 0.3 is 5.97 Å². The van der Waals surface area contributed by atoms with Gasteiger partial charge in [0.25, 0.3) is 0 Å². The molecule has 1 aromatic carbocycles. The molecule has 0 atom stereocenters. The summed E-state index contributed by atoms with van der Waals surface area (Å²) >= 11 is 0. The zero-order valence-electron chi connectivity index (χ0n) is 10.3. The molecule has 0 spiro atoms. The monoisotopic (exact) mass is 237 g/mol. The topological polar surface area (TPSA) is 49.8 Å². The van der Waals surface area contributed by atoms with Crippen LogP contribution in [0.5, 0.6) is 5.75 Å². The first-order chi connectivity index (χ1) is 8.09. The summed E-state index contributed by atoms with van der Waals surface area (Å²) in [5.74, 6) is 0.0751. The Hall–Kier alpha value is -1.71. The SMILES string of the molecule is CN(C)c1cccc(OCCCCC(=O)O)c1. The summed E-state index contributed by atoms with van der Waals surface area (Å²) in [6.07, 6.45) is 1.63. The van der Waals surface area contributed by atoms with Crippen LogP contribution >= 0.6 is 0 Å². The molecule has 0 aliphatic rings. The van der Waals surface area contributed by atoms with Crippen LogP contribution in [0.3, 0.4) is 0 Å². The molecular weight excluding hydrogens is 218 g/mol. The maximum atomic E-state index is 10.3. The highest BCUT2D eigenvalue weighted by atomic mass is 16.5. The molecule has 0 bridgehead atoms. The van der Waals surface area contributed by atoms with E-state index in [1.165, 1.54) is 0 Å². The van der Waals surface area contributed by atoms with Crippen molar-refractivity contribution in [3.8, 4) is 5.75 Å². The van der Waals surface area contributed by atoms with Crippen LogP contribution in [0, 0.1) is 0 Å². The third-order valence-corrected chi connectivity index (χ3v) is 2.39. The molecule has 1 aromatic rings. The van der Waals surface area contributed by atoms with Crippen LogP contribution in [-0.2, 0) is 4.79 Å². The van der Waals surface area contributed by atoms with Crippen molar-refractivity contribution in [2.75, 3.05) is 25.6 Å². The van der Waals surface area contributed by atoms with Gasteiger partial charge in [-0.15, -0.1) is 0 Å². The minimum Gasteiger partial charge on any atom is -0.494 e. The summed E-state index contributed by atoms with van der Waals surface area (Å²) in [7, 11) is 3.96. The van der Waals surface area contributed by atoms with Crippen molar-refractivity contribution in [1.29, 1.82) is 0 Å². The number of rotatable bonds is 7. The zero-order chi connectivity index (χ0) is 12.7. The molecule has 0 amide bonds. The Morgan fingerprint density at radius 3 is 2.76 bits per heavy atom. The fourth-order valence-corrected chi connectivity index (χ4v) is 1.42. The summed E-state index contributed by atoms with van der Waals surface area (Å²) in [5.41, 5.74) is 1.09. The van der Waals surface area contributed by atoms with E-state index in [1.807, 2.05) is 43.3 Å². The maximum Gasteiger partial charge on any atom is 0.303 e. The summed E-state index contributed by atoms with van der Waals surface area (Å²) in [4.78, 5) is 12.3. The van der Waals surface area contributed by atoms with Crippen LogP contribution in [0.1, 0.15) is 19.3 Å². The average Bonchev–Trinajstić information content (AvgIpc) is 2.28. The first-order valence-electron chi connectivity index (χ1n) is 5.71. The van der Waals surface area contributed by atoms with Crippen molar-refractivity contribution in [3.05, 3.63) is 24.3 Å². The van der Waals surface area contributed by atoms with E-state index in [0.717, 1.165) is 17.9 Å². The van der Waals surface area contributed by atoms with E-state index in [0.29, 0.717) is 13.0 Å². The van der Waals surface area contributed by atoms with Crippen LogP contribution < -0.4 is 9.64 Å². The number of hydrogen-bond acceptors (Lipinski definition) is 3. The number of benzene rings is 1. The van der Waals surface area contributed by atoms with Crippen molar-refractivity contribution < 1.29 is 14.6 Å². The Kier molecular flexibility index (Phi) is 5.33. The van der Waals surface area contributed by atoms with Gasteiger partial charge in [0, 0.05) is 32.3 Å². The Balaban J connectivity index is 2.31. The number of aliphatic carboxylic acids is 1. The summed E-state index contributed by atoms with van der Waals surface area (Å²) in [5, 5.41) is 8.48. The molecule has 17 heavy (non-hydrogen) atoms. The van der Waals surface area contributed by atoms with E-state index in [4.69, 9.17) is 9.84 Å². The number of nitrogens with zero attached hydrogens (tertiary/aromatic N) is 1. The van der Waals surface area contributed by atoms with Gasteiger partial charge in [0.2, 0.25) is 0 Å². The van der Waals surface area contributed by atoms with Gasteiger partial charge in [-0.2, -0.15) is 0 Å². The highest BCUT2D eigenvalue weighted by Gasteiger charge is 1.99. The first kappa shape index (κ1) is 13.4. The third-order valence-electron chi connectivity index (χ3n) is 2.39. The second-order valence-electron chi connectivity index (χ2n) is 4.09. The van der Waals surface area contributed by atoms with Gasteiger partial charge in [-0.25, -0.2) is 0 Å². The second-order valence-corrected chi connectivity index (χ2v) is 4.09. The highest BCUT2D eigenvalue weighted by molar-refractivity contribution is 5.66. The molecule has 0 unspecified atom stereocenters. The minimum atomic E-state index is -0.750. The van der Waals surface area contributed by atoms with E-state index in [2.05, 4.69) is 0 Å². The quantitative estimate of drug-likeness (QED) is 0.740. The van der Waals surface area contributed by atoms with E-state index < -0.39 is 5.97 Å². The van der Waals surface area contributed by atoms with Crippen molar-refractivity contribution in [3.63, 3.8) is 0 Å². The molecule has 4 heteroatoms. The lowest BCUT2D eigenvalue weighted by molar-refractivity contribution is -0.137. The van der Waals surface area contributed by atoms with Crippen LogP contribution in [0.25, 0.3) is 0 Å². The maximum absolute atomic E-state index is 10.3. The van der Waals surface area contributed by atoms with Crippen molar-refractivity contribution in [2.45, 2.75) is 19.3 Å². The van der Waals surface area contributed by atoms with Crippen molar-refractivity contribution in [2.24, 2.45) is 0 Å². The summed E-state index contributed by atoms with van der Waals surface area (Å²) < 4.78 is 5.56. The van der Waals surface area contributed by atoms with Crippen LogP contribution in [-0.4, -0.2) is 31.8 Å². The molecule has 0 fully saturated rings. The normalized spacial score (nSPS) is 10.0. The van der Waals surface area contributed by atoms with Gasteiger partial charge in [-0.1, -0.05) is 6.07 Å². The Morgan fingerprint density at radius 1 is 1.35 bits per heavy atom. The minimum absolute atomic E-state index is 0.209. The molecule has 94 valence electrons. The fourth-order valence-electron chi connectivity index (χ4n) is 1.42. The lowest BCUT2D eigenvalue weighted by Crippen LogP contribution is -2.08. The zero-order valence-corrected chi connectivity index (χ0v) is 10.3. The van der Waals surface area contributed by atoms with Crippen molar-refractivity contribution in [1.82, 2.24) is 0 Å². The molecule has 4 nitrogen and oxygen atoms in total. The van der Waals surface area contributed by atoms with Crippen LogP contribution in [0.15, 0.2) is 24.3 Å². The fraction of sp³-hybridized carbons (Fsp3) is 0.462. The third kappa shape index (κ3) is 5.24. The van der Waals surface area contributed by atoms with Gasteiger partial charge < -0.3 is 14.7 Å². The standard InChI is InChI=1S/C13H19NO3/c1-14(2)11-6-5-7-12(10-11)17-9-4-3-8-13(15)16/h5-7,10H,3-4,8-9H2,1-2H3,(H,15,16). The van der Waals surface area contributed by atoms with Crippen LogP contribution in [0.4, 0.5) is 5.69 Å². The predicted molar refractivity (Wildman–Crippen MR) is 67.8 cm³/mol. The van der Waals surface area contributed by atoms with E-state index in [1.54, 1.807) is 0 Å². The summed E-state index contributed by atoms with van der Waals surface area (Å²) in [6, 6.07) is 7.83. The number of carboxylic acids is 1. The van der Waals surface area contributed by atoms with Gasteiger partial charge in [0.05, 0.1) is 6.61 Å². The number of hydrogen-bond donors (Lipinski definition) is 1. The number of anilines is 1. The molecular formula is C13H19NO3. The van der Waals surface area contributed by atoms with Gasteiger partial charge in [0.15, 0.2) is 0 Å². The highest BCUT2D eigenvalue weighted by Crippen LogP contribution is 2.19. The lowest BCUT2D eigenvalue weighted by Gasteiger charge is -2.13. The predicted octanol–water partition coefficient (Wildman–Crippen LogP) is 2.39. The molecule has 0 aliphatic carbocycles. The second kappa shape index (κ2) is 6.78. The molecule has 0 heterocycles. The van der Waals surface area contributed by atoms with E-state index in [-0.39, 0.29) is 6.42 Å². The molecule has 0 aromatic heterocycles. The smallest absolute Gasteiger partial charge is 0.303 e. The van der Waals surface area contributed by atoms with Gasteiger partial charge in [-0.3, -0.25) is 4.79 Å². The number of carboxylic acid groups (broad SMARTS) is 1. The molecule has 0 radical (unpaired) electrons. The molecule has 1 N–H and O–H groups in total. The van der Waals surface area contributed by atoms with E-state index >= 15 is 0 Å². The molecule has 1 rings (SSSR count). The Labute approximate surface area is 102 Å². The first-order valence-corrected chi connectivity index (χ1v) is 5.71. The number of ether oxygens (including phenoxy) is 1.